The number of carbonyl (C=O) groups is 1. The lowest BCUT2D eigenvalue weighted by molar-refractivity contribution is -0.131. The van der Waals surface area contributed by atoms with Gasteiger partial charge in [0.25, 0.3) is 0 Å². The summed E-state index contributed by atoms with van der Waals surface area (Å²) in [4.78, 5) is 10.1. The zero-order chi connectivity index (χ0) is 9.68. The molecule has 3 heteroatoms. The van der Waals surface area contributed by atoms with Gasteiger partial charge in [0, 0.05) is 0 Å². The van der Waals surface area contributed by atoms with Crippen LogP contribution in [0.1, 0.15) is 5.56 Å². The van der Waals surface area contributed by atoms with Crippen LogP contribution in [0.4, 0.5) is 0 Å². The maximum absolute atomic E-state index is 10.1. The molecule has 0 bridgehead atoms. The molecule has 3 nitrogen and oxygen atoms in total. The molecule has 0 atom stereocenters. The first-order valence-corrected chi connectivity index (χ1v) is 3.81. The van der Waals surface area contributed by atoms with Crippen LogP contribution in [0.5, 0.6) is 5.75 Å². The monoisotopic (exact) mass is 178 g/mol. The SMILES string of the molecule is Cc1ccc(O/C=C/C(=O)O)cc1. The van der Waals surface area contributed by atoms with Gasteiger partial charge in [0.2, 0.25) is 0 Å². The predicted octanol–water partition coefficient (Wildman–Crippen LogP) is 1.97. The zero-order valence-corrected chi connectivity index (χ0v) is 7.23. The highest BCUT2D eigenvalue weighted by Crippen LogP contribution is 2.11. The first-order chi connectivity index (χ1) is 6.18. The number of aliphatic carboxylic acids is 1. The fourth-order valence-corrected chi connectivity index (χ4v) is 0.788. The third kappa shape index (κ3) is 3.42. The molecule has 1 rings (SSSR count). The third-order valence-corrected chi connectivity index (χ3v) is 1.44. The van der Waals surface area contributed by atoms with Gasteiger partial charge in [0.1, 0.15) is 5.75 Å². The van der Waals surface area contributed by atoms with E-state index in [1.54, 1.807) is 12.1 Å². The summed E-state index contributed by atoms with van der Waals surface area (Å²) >= 11 is 0. The topological polar surface area (TPSA) is 46.5 Å². The number of hydrogen-bond donors (Lipinski definition) is 1. The molecule has 1 aromatic rings. The molecule has 13 heavy (non-hydrogen) atoms. The Kier molecular flexibility index (Phi) is 3.09. The van der Waals surface area contributed by atoms with Crippen molar-refractivity contribution in [2.45, 2.75) is 6.92 Å². The van der Waals surface area contributed by atoms with Gasteiger partial charge in [-0.15, -0.1) is 0 Å². The second kappa shape index (κ2) is 4.30. The van der Waals surface area contributed by atoms with E-state index in [0.29, 0.717) is 5.75 Å². The number of aryl methyl sites for hydroxylation is 1. The lowest BCUT2D eigenvalue weighted by atomic mass is 10.2. The molecule has 0 amide bonds. The quantitative estimate of drug-likeness (QED) is 0.568. The van der Waals surface area contributed by atoms with Crippen molar-refractivity contribution >= 4 is 5.97 Å². The van der Waals surface area contributed by atoms with Crippen molar-refractivity contribution in [2.24, 2.45) is 0 Å². The average Bonchev–Trinajstić information content (AvgIpc) is 2.08. The minimum Gasteiger partial charge on any atom is -0.478 e. The summed E-state index contributed by atoms with van der Waals surface area (Å²) in [6.07, 6.45) is 2.09. The summed E-state index contributed by atoms with van der Waals surface area (Å²) in [7, 11) is 0. The van der Waals surface area contributed by atoms with Crippen molar-refractivity contribution < 1.29 is 14.6 Å². The van der Waals surface area contributed by atoms with Gasteiger partial charge in [-0.05, 0) is 19.1 Å². The zero-order valence-electron chi connectivity index (χ0n) is 7.23. The summed E-state index contributed by atoms with van der Waals surface area (Å²) < 4.78 is 5.01. The maximum Gasteiger partial charge on any atom is 0.331 e. The number of carboxylic acid groups (broad SMARTS) is 1. The highest BCUT2D eigenvalue weighted by Gasteiger charge is 1.90. The van der Waals surface area contributed by atoms with Crippen molar-refractivity contribution in [3.63, 3.8) is 0 Å². The van der Waals surface area contributed by atoms with E-state index < -0.39 is 5.97 Å². The maximum atomic E-state index is 10.1. The van der Waals surface area contributed by atoms with Crippen molar-refractivity contribution in [3.05, 3.63) is 42.2 Å². The second-order valence-electron chi connectivity index (χ2n) is 2.57. The predicted molar refractivity (Wildman–Crippen MR) is 48.6 cm³/mol. The van der Waals surface area contributed by atoms with E-state index in [1.165, 1.54) is 0 Å². The number of ether oxygens (including phenoxy) is 1. The highest BCUT2D eigenvalue weighted by molar-refractivity contribution is 5.79. The van der Waals surface area contributed by atoms with E-state index in [4.69, 9.17) is 9.84 Å². The Morgan fingerprint density at radius 3 is 2.54 bits per heavy atom. The molecule has 0 aliphatic rings. The summed E-state index contributed by atoms with van der Waals surface area (Å²) in [5.74, 6) is -0.393. The van der Waals surface area contributed by atoms with Gasteiger partial charge in [0.15, 0.2) is 0 Å². The Balaban J connectivity index is 2.55. The van der Waals surface area contributed by atoms with E-state index in [1.807, 2.05) is 19.1 Å². The molecular weight excluding hydrogens is 168 g/mol. The van der Waals surface area contributed by atoms with Crippen LogP contribution in [0.3, 0.4) is 0 Å². The minimum atomic E-state index is -1.02. The molecule has 0 spiro atoms. The third-order valence-electron chi connectivity index (χ3n) is 1.44. The standard InChI is InChI=1S/C10H10O3/c1-8-2-4-9(5-3-8)13-7-6-10(11)12/h2-7H,1H3,(H,11,12)/b7-6+. The molecule has 0 heterocycles. The molecule has 1 N–H and O–H groups in total. The molecule has 68 valence electrons. The van der Waals surface area contributed by atoms with Gasteiger partial charge >= 0.3 is 5.97 Å². The van der Waals surface area contributed by atoms with Gasteiger partial charge in [0.05, 0.1) is 12.3 Å². The Labute approximate surface area is 76.3 Å². The smallest absolute Gasteiger partial charge is 0.331 e. The van der Waals surface area contributed by atoms with Crippen molar-refractivity contribution in [2.75, 3.05) is 0 Å². The highest BCUT2D eigenvalue weighted by atomic mass is 16.5. The second-order valence-corrected chi connectivity index (χ2v) is 2.57. The van der Waals surface area contributed by atoms with E-state index >= 15 is 0 Å². The Morgan fingerprint density at radius 2 is 2.00 bits per heavy atom. The minimum absolute atomic E-state index is 0.628. The Hall–Kier alpha value is -1.77. The van der Waals surface area contributed by atoms with Crippen LogP contribution in [0.25, 0.3) is 0 Å². The van der Waals surface area contributed by atoms with E-state index in [0.717, 1.165) is 17.9 Å². The molecule has 0 aliphatic carbocycles. The summed E-state index contributed by atoms with van der Waals surface area (Å²) in [5.41, 5.74) is 1.13. The van der Waals surface area contributed by atoms with Crippen LogP contribution >= 0.6 is 0 Å². The molecule has 0 radical (unpaired) electrons. The van der Waals surface area contributed by atoms with Crippen LogP contribution in [-0.4, -0.2) is 11.1 Å². The first-order valence-electron chi connectivity index (χ1n) is 3.81. The normalized spacial score (nSPS) is 10.2. The van der Waals surface area contributed by atoms with Crippen LogP contribution in [0.2, 0.25) is 0 Å². The molecule has 0 aliphatic heterocycles. The van der Waals surface area contributed by atoms with Gasteiger partial charge in [-0.3, -0.25) is 0 Å². The van der Waals surface area contributed by atoms with Crippen molar-refractivity contribution in [3.8, 4) is 5.75 Å². The lowest BCUT2D eigenvalue weighted by Crippen LogP contribution is -1.89. The van der Waals surface area contributed by atoms with Gasteiger partial charge in [-0.2, -0.15) is 0 Å². The van der Waals surface area contributed by atoms with Crippen molar-refractivity contribution in [1.82, 2.24) is 0 Å². The Bertz CT molecular complexity index is 311. The first kappa shape index (κ1) is 9.32. The van der Waals surface area contributed by atoms with Crippen LogP contribution < -0.4 is 4.74 Å². The van der Waals surface area contributed by atoms with Crippen molar-refractivity contribution in [1.29, 1.82) is 0 Å². The lowest BCUT2D eigenvalue weighted by Gasteiger charge is -1.98. The summed E-state index contributed by atoms with van der Waals surface area (Å²) in [6.45, 7) is 1.97. The molecule has 0 aromatic heterocycles. The molecular formula is C10H10O3. The van der Waals surface area contributed by atoms with E-state index in [-0.39, 0.29) is 0 Å². The van der Waals surface area contributed by atoms with Gasteiger partial charge in [-0.1, -0.05) is 17.7 Å². The van der Waals surface area contributed by atoms with Crippen LogP contribution in [0.15, 0.2) is 36.6 Å². The molecule has 0 saturated carbocycles. The number of hydrogen-bond acceptors (Lipinski definition) is 2. The van der Waals surface area contributed by atoms with Crippen LogP contribution in [-0.2, 0) is 4.79 Å². The average molecular weight is 178 g/mol. The van der Waals surface area contributed by atoms with Crippen LogP contribution in [0, 0.1) is 6.92 Å². The number of carboxylic acids is 1. The largest absolute Gasteiger partial charge is 0.478 e. The Morgan fingerprint density at radius 1 is 1.38 bits per heavy atom. The fraction of sp³-hybridized carbons (Fsp3) is 0.100. The molecule has 0 saturated heterocycles. The summed E-state index contributed by atoms with van der Waals surface area (Å²) in [6, 6.07) is 7.34. The van der Waals surface area contributed by atoms with Gasteiger partial charge in [-0.25, -0.2) is 4.79 Å². The fourth-order valence-electron chi connectivity index (χ4n) is 0.788. The summed E-state index contributed by atoms with van der Waals surface area (Å²) in [5, 5.41) is 8.27. The van der Waals surface area contributed by atoms with Gasteiger partial charge < -0.3 is 9.84 Å². The molecule has 0 fully saturated rings. The number of benzene rings is 1. The number of rotatable bonds is 3. The molecule has 0 unspecified atom stereocenters. The van der Waals surface area contributed by atoms with E-state index in [9.17, 15) is 4.79 Å². The molecule has 1 aromatic carbocycles. The van der Waals surface area contributed by atoms with E-state index in [2.05, 4.69) is 0 Å².